The molecule has 0 aliphatic heterocycles. The predicted octanol–water partition coefficient (Wildman–Crippen LogP) is 1.74. The summed E-state index contributed by atoms with van der Waals surface area (Å²) in [6.07, 6.45) is 1.82. The zero-order valence-electron chi connectivity index (χ0n) is 10.3. The molecule has 4 nitrogen and oxygen atoms in total. The van der Waals surface area contributed by atoms with Crippen molar-refractivity contribution < 1.29 is 0 Å². The number of aromatic nitrogens is 3. The number of hydrogen-bond donors (Lipinski definition) is 1. The maximum absolute atomic E-state index is 4.60. The third-order valence-corrected chi connectivity index (χ3v) is 2.66. The van der Waals surface area contributed by atoms with Gasteiger partial charge in [-0.25, -0.2) is 0 Å². The Labute approximate surface area is 102 Å². The Morgan fingerprint density at radius 1 is 1.24 bits per heavy atom. The van der Waals surface area contributed by atoms with E-state index in [1.165, 1.54) is 0 Å². The van der Waals surface area contributed by atoms with Crippen molar-refractivity contribution in [1.29, 1.82) is 0 Å². The second-order valence-corrected chi connectivity index (χ2v) is 4.03. The molecule has 0 aliphatic rings. The first-order chi connectivity index (χ1) is 8.29. The minimum atomic E-state index is 0.735. The van der Waals surface area contributed by atoms with Crippen molar-refractivity contribution in [2.75, 3.05) is 6.54 Å². The number of hydrogen-bond acceptors (Lipinski definition) is 3. The number of nitrogens with one attached hydrogen (secondary N) is 1. The highest BCUT2D eigenvalue weighted by molar-refractivity contribution is 5.12. The largest absolute Gasteiger partial charge is 0.311 e. The first-order valence-corrected chi connectivity index (χ1v) is 5.93. The van der Waals surface area contributed by atoms with Crippen LogP contribution in [0.5, 0.6) is 0 Å². The van der Waals surface area contributed by atoms with Crippen LogP contribution in [0, 0.1) is 6.92 Å². The number of nitrogens with zero attached hydrogens (tertiary/aromatic N) is 3. The molecule has 0 unspecified atom stereocenters. The molecule has 90 valence electrons. The molecule has 1 N–H and O–H groups in total. The molecular formula is C13H18N4. The van der Waals surface area contributed by atoms with Gasteiger partial charge >= 0.3 is 0 Å². The summed E-state index contributed by atoms with van der Waals surface area (Å²) >= 11 is 0. The van der Waals surface area contributed by atoms with Crippen molar-refractivity contribution >= 4 is 0 Å². The van der Waals surface area contributed by atoms with E-state index >= 15 is 0 Å². The molecule has 2 aromatic heterocycles. The Kier molecular flexibility index (Phi) is 3.88. The van der Waals surface area contributed by atoms with Crippen molar-refractivity contribution in [3.05, 3.63) is 47.5 Å². The fourth-order valence-electron chi connectivity index (χ4n) is 1.69. The van der Waals surface area contributed by atoms with Crippen molar-refractivity contribution in [2.24, 2.45) is 0 Å². The summed E-state index contributed by atoms with van der Waals surface area (Å²) in [5, 5.41) is 7.54. The van der Waals surface area contributed by atoms with Gasteiger partial charge in [-0.15, -0.1) is 0 Å². The van der Waals surface area contributed by atoms with E-state index in [0.717, 1.165) is 36.7 Å². The van der Waals surface area contributed by atoms with Crippen LogP contribution in [0.15, 0.2) is 30.5 Å². The molecule has 0 aliphatic carbocycles. The van der Waals surface area contributed by atoms with Crippen LogP contribution in [0.25, 0.3) is 0 Å². The summed E-state index contributed by atoms with van der Waals surface area (Å²) < 4.78 is 1.96. The molecule has 2 rings (SSSR count). The summed E-state index contributed by atoms with van der Waals surface area (Å²) in [5.74, 6) is 0. The average Bonchev–Trinajstić information content (AvgIpc) is 2.73. The van der Waals surface area contributed by atoms with Crippen LogP contribution in [0.4, 0.5) is 0 Å². The number of aryl methyl sites for hydroxylation is 1. The lowest BCUT2D eigenvalue weighted by Gasteiger charge is -2.06. The molecule has 0 saturated carbocycles. The highest BCUT2D eigenvalue weighted by Crippen LogP contribution is 2.04. The summed E-state index contributed by atoms with van der Waals surface area (Å²) in [7, 11) is 0. The average molecular weight is 230 g/mol. The maximum Gasteiger partial charge on any atom is 0.0834 e. The molecule has 0 saturated heterocycles. The monoisotopic (exact) mass is 230 g/mol. The molecule has 0 amide bonds. The fourth-order valence-corrected chi connectivity index (χ4v) is 1.69. The summed E-state index contributed by atoms with van der Waals surface area (Å²) in [4.78, 5) is 4.60. The quantitative estimate of drug-likeness (QED) is 0.851. The van der Waals surface area contributed by atoms with Crippen LogP contribution in [0.1, 0.15) is 24.0 Å². The van der Waals surface area contributed by atoms with E-state index in [9.17, 15) is 0 Å². The van der Waals surface area contributed by atoms with Crippen molar-refractivity contribution in [2.45, 2.75) is 26.9 Å². The third kappa shape index (κ3) is 3.14. The SMILES string of the molecule is CCNCc1cccc(Cn2nccc2C)n1. The Morgan fingerprint density at radius 3 is 2.76 bits per heavy atom. The van der Waals surface area contributed by atoms with Gasteiger partial charge in [0.25, 0.3) is 0 Å². The van der Waals surface area contributed by atoms with Crippen LogP contribution < -0.4 is 5.32 Å². The molecule has 17 heavy (non-hydrogen) atoms. The van der Waals surface area contributed by atoms with Gasteiger partial charge < -0.3 is 5.32 Å². The molecule has 2 heterocycles. The number of pyridine rings is 1. The zero-order valence-corrected chi connectivity index (χ0v) is 10.3. The zero-order chi connectivity index (χ0) is 12.1. The highest BCUT2D eigenvalue weighted by Gasteiger charge is 2.01. The van der Waals surface area contributed by atoms with Crippen LogP contribution in [-0.4, -0.2) is 21.3 Å². The van der Waals surface area contributed by atoms with Gasteiger partial charge in [0.1, 0.15) is 0 Å². The second kappa shape index (κ2) is 5.59. The lowest BCUT2D eigenvalue weighted by molar-refractivity contribution is 0.643. The van der Waals surface area contributed by atoms with Gasteiger partial charge in [-0.05, 0) is 31.7 Å². The second-order valence-electron chi connectivity index (χ2n) is 4.03. The highest BCUT2D eigenvalue weighted by atomic mass is 15.3. The Bertz CT molecular complexity index is 476. The molecule has 0 aromatic carbocycles. The van der Waals surface area contributed by atoms with Crippen LogP contribution in [0.2, 0.25) is 0 Å². The Hall–Kier alpha value is -1.68. The smallest absolute Gasteiger partial charge is 0.0834 e. The lowest BCUT2D eigenvalue weighted by Crippen LogP contribution is -2.14. The van der Waals surface area contributed by atoms with Crippen LogP contribution >= 0.6 is 0 Å². The van der Waals surface area contributed by atoms with Crippen LogP contribution in [0.3, 0.4) is 0 Å². The molecule has 4 heteroatoms. The van der Waals surface area contributed by atoms with E-state index in [-0.39, 0.29) is 0 Å². The first-order valence-electron chi connectivity index (χ1n) is 5.93. The number of rotatable bonds is 5. The van der Waals surface area contributed by atoms with E-state index in [4.69, 9.17) is 0 Å². The van der Waals surface area contributed by atoms with Gasteiger partial charge in [0.15, 0.2) is 0 Å². The van der Waals surface area contributed by atoms with E-state index in [1.54, 1.807) is 0 Å². The van der Waals surface area contributed by atoms with E-state index < -0.39 is 0 Å². The molecule has 0 radical (unpaired) electrons. The van der Waals surface area contributed by atoms with Gasteiger partial charge in [-0.3, -0.25) is 9.67 Å². The van der Waals surface area contributed by atoms with E-state index in [1.807, 2.05) is 35.1 Å². The summed E-state index contributed by atoms with van der Waals surface area (Å²) in [6.45, 7) is 6.66. The molecule has 0 atom stereocenters. The van der Waals surface area contributed by atoms with Gasteiger partial charge in [0.05, 0.1) is 17.9 Å². The fraction of sp³-hybridized carbons (Fsp3) is 0.385. The molecule has 0 fully saturated rings. The van der Waals surface area contributed by atoms with Gasteiger partial charge in [0, 0.05) is 18.4 Å². The van der Waals surface area contributed by atoms with Gasteiger partial charge in [-0.1, -0.05) is 13.0 Å². The van der Waals surface area contributed by atoms with Crippen LogP contribution in [-0.2, 0) is 13.1 Å². The van der Waals surface area contributed by atoms with Crippen molar-refractivity contribution in [3.63, 3.8) is 0 Å². The minimum absolute atomic E-state index is 0.735. The molecular weight excluding hydrogens is 212 g/mol. The first kappa shape index (κ1) is 11.8. The normalized spacial score (nSPS) is 10.7. The van der Waals surface area contributed by atoms with Gasteiger partial charge in [0.2, 0.25) is 0 Å². The summed E-state index contributed by atoms with van der Waals surface area (Å²) in [6, 6.07) is 8.13. The molecule has 2 aromatic rings. The summed E-state index contributed by atoms with van der Waals surface area (Å²) in [5.41, 5.74) is 3.28. The minimum Gasteiger partial charge on any atom is -0.311 e. The van der Waals surface area contributed by atoms with E-state index in [2.05, 4.69) is 29.2 Å². The predicted molar refractivity (Wildman–Crippen MR) is 67.7 cm³/mol. The van der Waals surface area contributed by atoms with E-state index in [0.29, 0.717) is 0 Å². The standard InChI is InChI=1S/C13H18N4/c1-3-14-9-12-5-4-6-13(16-12)10-17-11(2)7-8-15-17/h4-8,14H,3,9-10H2,1-2H3. The molecule has 0 bridgehead atoms. The van der Waals surface area contributed by atoms with Crippen molar-refractivity contribution in [1.82, 2.24) is 20.1 Å². The third-order valence-electron chi connectivity index (χ3n) is 2.66. The Balaban J connectivity index is 2.08. The van der Waals surface area contributed by atoms with Gasteiger partial charge in [-0.2, -0.15) is 5.10 Å². The maximum atomic E-state index is 4.60. The molecule has 0 spiro atoms. The Morgan fingerprint density at radius 2 is 2.06 bits per heavy atom. The van der Waals surface area contributed by atoms with Crippen molar-refractivity contribution in [3.8, 4) is 0 Å². The topological polar surface area (TPSA) is 42.7 Å². The lowest BCUT2D eigenvalue weighted by atomic mass is 10.3.